The molecular weight excluding hydrogens is 240 g/mol. The van der Waals surface area contributed by atoms with E-state index in [4.69, 9.17) is 4.74 Å². The van der Waals surface area contributed by atoms with Crippen molar-refractivity contribution in [3.05, 3.63) is 24.3 Å². The largest absolute Gasteiger partial charge is 0.478 e. The molecule has 1 aromatic rings. The van der Waals surface area contributed by atoms with Gasteiger partial charge in [0.1, 0.15) is 12.5 Å². The molecule has 0 spiro atoms. The summed E-state index contributed by atoms with van der Waals surface area (Å²) in [5.74, 6) is 0.708. The molecule has 4 heteroatoms. The summed E-state index contributed by atoms with van der Waals surface area (Å²) in [6, 6.07) is 7.48. The zero-order valence-corrected chi connectivity index (χ0v) is 12.1. The van der Waals surface area contributed by atoms with Crippen LogP contribution in [0.25, 0.3) is 0 Å². The number of nitrogens with zero attached hydrogens (tertiary/aromatic N) is 1. The number of nitrogens with one attached hydrogen (secondary N) is 1. The van der Waals surface area contributed by atoms with Crippen LogP contribution in [0.1, 0.15) is 33.6 Å². The molecule has 106 valence electrons. The van der Waals surface area contributed by atoms with E-state index in [1.807, 2.05) is 24.3 Å². The van der Waals surface area contributed by atoms with Crippen LogP contribution in [-0.4, -0.2) is 30.6 Å². The van der Waals surface area contributed by atoms with Crippen LogP contribution in [0, 0.1) is 0 Å². The molecular formula is C15H24N2O2. The predicted octanol–water partition coefficient (Wildman–Crippen LogP) is 3.10. The van der Waals surface area contributed by atoms with Crippen molar-refractivity contribution in [3.8, 4) is 5.75 Å². The van der Waals surface area contributed by atoms with Crippen LogP contribution >= 0.6 is 0 Å². The lowest BCUT2D eigenvalue weighted by atomic mass is 10.3. The molecule has 0 atom stereocenters. The van der Waals surface area contributed by atoms with Gasteiger partial charge >= 0.3 is 0 Å². The third kappa shape index (κ3) is 6.25. The summed E-state index contributed by atoms with van der Waals surface area (Å²) >= 11 is 0. The molecule has 0 aliphatic heterocycles. The van der Waals surface area contributed by atoms with Crippen molar-refractivity contribution in [3.63, 3.8) is 0 Å². The van der Waals surface area contributed by atoms with E-state index >= 15 is 0 Å². The van der Waals surface area contributed by atoms with E-state index in [0.29, 0.717) is 6.73 Å². The van der Waals surface area contributed by atoms with Crippen LogP contribution in [0.15, 0.2) is 24.3 Å². The molecule has 0 aliphatic carbocycles. The number of benzene rings is 1. The van der Waals surface area contributed by atoms with E-state index in [9.17, 15) is 4.79 Å². The van der Waals surface area contributed by atoms with E-state index in [1.165, 1.54) is 6.92 Å². The Morgan fingerprint density at radius 2 is 1.95 bits per heavy atom. The van der Waals surface area contributed by atoms with Crippen molar-refractivity contribution in [2.45, 2.75) is 33.6 Å². The highest BCUT2D eigenvalue weighted by Gasteiger charge is 2.04. The minimum absolute atomic E-state index is 0.0734. The van der Waals surface area contributed by atoms with Gasteiger partial charge in [0.15, 0.2) is 0 Å². The van der Waals surface area contributed by atoms with E-state index in [1.54, 1.807) is 0 Å². The smallest absolute Gasteiger partial charge is 0.221 e. The fourth-order valence-electron chi connectivity index (χ4n) is 1.91. The highest BCUT2D eigenvalue weighted by atomic mass is 16.5. The minimum atomic E-state index is -0.0734. The highest BCUT2D eigenvalue weighted by molar-refractivity contribution is 5.88. The fraction of sp³-hybridized carbons (Fsp3) is 0.533. The Morgan fingerprint density at radius 1 is 1.26 bits per heavy atom. The van der Waals surface area contributed by atoms with Gasteiger partial charge in [0.05, 0.1) is 0 Å². The topological polar surface area (TPSA) is 41.6 Å². The lowest BCUT2D eigenvalue weighted by Crippen LogP contribution is -2.29. The first-order valence-electron chi connectivity index (χ1n) is 6.88. The van der Waals surface area contributed by atoms with Gasteiger partial charge in [-0.25, -0.2) is 0 Å². The quantitative estimate of drug-likeness (QED) is 0.734. The number of carbonyl (C=O) groups excluding carboxylic acids is 1. The fourth-order valence-corrected chi connectivity index (χ4v) is 1.91. The highest BCUT2D eigenvalue weighted by Crippen LogP contribution is 2.17. The molecule has 19 heavy (non-hydrogen) atoms. The number of hydrogen-bond acceptors (Lipinski definition) is 3. The first-order valence-corrected chi connectivity index (χ1v) is 6.88. The Labute approximate surface area is 115 Å². The summed E-state index contributed by atoms with van der Waals surface area (Å²) in [7, 11) is 0. The third-order valence-corrected chi connectivity index (χ3v) is 2.65. The Morgan fingerprint density at radius 3 is 2.53 bits per heavy atom. The molecule has 0 aliphatic rings. The second-order valence-electron chi connectivity index (χ2n) is 4.60. The van der Waals surface area contributed by atoms with Gasteiger partial charge in [-0.3, -0.25) is 9.69 Å². The molecule has 0 saturated heterocycles. The summed E-state index contributed by atoms with van der Waals surface area (Å²) in [6.07, 6.45) is 2.24. The zero-order valence-electron chi connectivity index (χ0n) is 12.1. The van der Waals surface area contributed by atoms with Gasteiger partial charge < -0.3 is 10.1 Å². The van der Waals surface area contributed by atoms with Gasteiger partial charge in [-0.2, -0.15) is 0 Å². The van der Waals surface area contributed by atoms with E-state index < -0.39 is 0 Å². The Hall–Kier alpha value is -1.55. The van der Waals surface area contributed by atoms with E-state index in [0.717, 1.165) is 37.4 Å². The van der Waals surface area contributed by atoms with E-state index in [2.05, 4.69) is 24.1 Å². The lowest BCUT2D eigenvalue weighted by molar-refractivity contribution is -0.114. The van der Waals surface area contributed by atoms with Gasteiger partial charge in [0.2, 0.25) is 5.91 Å². The summed E-state index contributed by atoms with van der Waals surface area (Å²) < 4.78 is 5.77. The second kappa shape index (κ2) is 8.53. The SMILES string of the molecule is CCCN(CCC)COc1cccc(NC(C)=O)c1. The number of hydrogen-bond donors (Lipinski definition) is 1. The van der Waals surface area contributed by atoms with Crippen LogP contribution in [0.2, 0.25) is 0 Å². The summed E-state index contributed by atoms with van der Waals surface area (Å²) in [6.45, 7) is 8.50. The van der Waals surface area contributed by atoms with Crippen LogP contribution in [0.4, 0.5) is 5.69 Å². The number of amides is 1. The Bertz CT molecular complexity index is 387. The van der Waals surface area contributed by atoms with Crippen molar-refractivity contribution >= 4 is 11.6 Å². The zero-order chi connectivity index (χ0) is 14.1. The number of anilines is 1. The second-order valence-corrected chi connectivity index (χ2v) is 4.60. The maximum Gasteiger partial charge on any atom is 0.221 e. The summed E-state index contributed by atoms with van der Waals surface area (Å²) in [4.78, 5) is 13.3. The average molecular weight is 264 g/mol. The molecule has 0 heterocycles. The Balaban J connectivity index is 2.53. The van der Waals surface area contributed by atoms with Crippen LogP contribution in [-0.2, 0) is 4.79 Å². The predicted molar refractivity (Wildman–Crippen MR) is 78.4 cm³/mol. The molecule has 0 aromatic heterocycles. The van der Waals surface area contributed by atoms with Crippen LogP contribution in [0.3, 0.4) is 0 Å². The molecule has 1 aromatic carbocycles. The van der Waals surface area contributed by atoms with Gasteiger partial charge in [-0.1, -0.05) is 19.9 Å². The third-order valence-electron chi connectivity index (χ3n) is 2.65. The molecule has 1 rings (SSSR count). The lowest BCUT2D eigenvalue weighted by Gasteiger charge is -2.21. The maximum atomic E-state index is 11.0. The summed E-state index contributed by atoms with van der Waals surface area (Å²) in [5, 5.41) is 2.75. The standard InChI is InChI=1S/C15H24N2O2/c1-4-9-17(10-5-2)12-19-15-8-6-7-14(11-15)16-13(3)18/h6-8,11H,4-5,9-10,12H2,1-3H3,(H,16,18). The average Bonchev–Trinajstić information content (AvgIpc) is 2.36. The van der Waals surface area contributed by atoms with Crippen molar-refractivity contribution in [2.24, 2.45) is 0 Å². The van der Waals surface area contributed by atoms with Crippen molar-refractivity contribution in [2.75, 3.05) is 25.1 Å². The molecule has 1 N–H and O–H groups in total. The minimum Gasteiger partial charge on any atom is -0.478 e. The van der Waals surface area contributed by atoms with Crippen molar-refractivity contribution in [1.82, 2.24) is 4.90 Å². The molecule has 0 radical (unpaired) electrons. The van der Waals surface area contributed by atoms with Crippen molar-refractivity contribution in [1.29, 1.82) is 0 Å². The normalized spacial score (nSPS) is 10.5. The molecule has 0 fully saturated rings. The van der Waals surface area contributed by atoms with Gasteiger partial charge in [0.25, 0.3) is 0 Å². The summed E-state index contributed by atoms with van der Waals surface area (Å²) in [5.41, 5.74) is 0.766. The Kier molecular flexibility index (Phi) is 6.97. The molecule has 4 nitrogen and oxygen atoms in total. The van der Waals surface area contributed by atoms with Gasteiger partial charge in [0, 0.05) is 31.8 Å². The molecule has 0 saturated carbocycles. The molecule has 0 unspecified atom stereocenters. The molecule has 0 bridgehead atoms. The first-order chi connectivity index (χ1) is 9.15. The maximum absolute atomic E-state index is 11.0. The van der Waals surface area contributed by atoms with Crippen molar-refractivity contribution < 1.29 is 9.53 Å². The number of carbonyl (C=O) groups is 1. The van der Waals surface area contributed by atoms with Gasteiger partial charge in [-0.15, -0.1) is 0 Å². The number of rotatable bonds is 8. The first kappa shape index (κ1) is 15.5. The van der Waals surface area contributed by atoms with E-state index in [-0.39, 0.29) is 5.91 Å². The molecule has 1 amide bonds. The van der Waals surface area contributed by atoms with Crippen LogP contribution < -0.4 is 10.1 Å². The monoisotopic (exact) mass is 264 g/mol. The van der Waals surface area contributed by atoms with Gasteiger partial charge in [-0.05, 0) is 25.0 Å². The number of ether oxygens (including phenoxy) is 1. The van der Waals surface area contributed by atoms with Crippen LogP contribution in [0.5, 0.6) is 5.75 Å².